The first kappa shape index (κ1) is 8.39. The van der Waals surface area contributed by atoms with E-state index in [-0.39, 0.29) is 6.61 Å². The van der Waals surface area contributed by atoms with Crippen LogP contribution in [-0.4, -0.2) is 24.2 Å². The average Bonchev–Trinajstić information content (AvgIpc) is 1.82. The number of aliphatic hydroxyl groups is 1. The van der Waals surface area contributed by atoms with Gasteiger partial charge >= 0.3 is 0 Å². The molecule has 1 amide bonds. The van der Waals surface area contributed by atoms with E-state index in [2.05, 4.69) is 0 Å². The van der Waals surface area contributed by atoms with Gasteiger partial charge in [0.2, 0.25) is 5.91 Å². The van der Waals surface area contributed by atoms with Crippen LogP contribution in [0.3, 0.4) is 0 Å². The molecular weight excluding hydrogens is 120 g/mol. The Morgan fingerprint density at radius 2 is 2.22 bits per heavy atom. The molecule has 0 aliphatic carbocycles. The quantitative estimate of drug-likeness (QED) is 0.431. The van der Waals surface area contributed by atoms with Crippen molar-refractivity contribution >= 4 is 5.91 Å². The molecule has 0 heterocycles. The minimum absolute atomic E-state index is 0.202. The molecule has 0 radical (unpaired) electrons. The summed E-state index contributed by atoms with van der Waals surface area (Å²) in [6, 6.07) is 0. The Labute approximate surface area is 53.8 Å². The lowest BCUT2D eigenvalue weighted by Crippen LogP contribution is -2.28. The van der Waals surface area contributed by atoms with Crippen molar-refractivity contribution < 1.29 is 9.90 Å². The molecule has 4 heteroatoms. The van der Waals surface area contributed by atoms with E-state index in [1.54, 1.807) is 0 Å². The normalized spacial score (nSPS) is 13.1. The molecule has 5 N–H and O–H groups in total. The van der Waals surface area contributed by atoms with Gasteiger partial charge in [0.15, 0.2) is 0 Å². The second-order valence-electron chi connectivity index (χ2n) is 1.86. The van der Waals surface area contributed by atoms with Gasteiger partial charge in [0.1, 0.15) is 0 Å². The molecule has 1 unspecified atom stereocenters. The molecule has 0 aromatic rings. The number of hydrogen-bond acceptors (Lipinski definition) is 3. The lowest BCUT2D eigenvalue weighted by atomic mass is 10.1. The van der Waals surface area contributed by atoms with Crippen molar-refractivity contribution in [1.29, 1.82) is 0 Å². The van der Waals surface area contributed by atoms with E-state index in [0.29, 0.717) is 13.0 Å². The first-order valence-corrected chi connectivity index (χ1v) is 2.82. The van der Waals surface area contributed by atoms with Gasteiger partial charge in [-0.2, -0.15) is 0 Å². The predicted octanol–water partition coefficient (Wildman–Crippen LogP) is -1.57. The fraction of sp³-hybridized carbons (Fsp3) is 0.800. The summed E-state index contributed by atoms with van der Waals surface area (Å²) in [4.78, 5) is 10.3. The molecule has 0 bridgehead atoms. The summed E-state index contributed by atoms with van der Waals surface area (Å²) in [5.74, 6) is -0.946. The van der Waals surface area contributed by atoms with E-state index in [1.165, 1.54) is 0 Å². The van der Waals surface area contributed by atoms with Crippen LogP contribution in [0.1, 0.15) is 6.42 Å². The Bertz CT molecular complexity index is 95.0. The van der Waals surface area contributed by atoms with Gasteiger partial charge in [-0.3, -0.25) is 4.79 Å². The SMILES string of the molecule is NCCC(CO)C(N)=O. The van der Waals surface area contributed by atoms with Crippen molar-refractivity contribution in [2.75, 3.05) is 13.2 Å². The standard InChI is InChI=1S/C5H12N2O2/c6-2-1-4(3-8)5(7)9/h4,8H,1-3,6H2,(H2,7,9). The van der Waals surface area contributed by atoms with Gasteiger partial charge in [-0.15, -0.1) is 0 Å². The minimum atomic E-state index is -0.483. The van der Waals surface area contributed by atoms with Gasteiger partial charge in [0.25, 0.3) is 0 Å². The maximum absolute atomic E-state index is 10.3. The number of carbonyl (C=O) groups excluding carboxylic acids is 1. The minimum Gasteiger partial charge on any atom is -0.396 e. The number of nitrogens with two attached hydrogens (primary N) is 2. The highest BCUT2D eigenvalue weighted by Crippen LogP contribution is 1.97. The maximum atomic E-state index is 10.3. The van der Waals surface area contributed by atoms with Crippen LogP contribution in [0.15, 0.2) is 0 Å². The first-order valence-electron chi connectivity index (χ1n) is 2.82. The van der Waals surface area contributed by atoms with Crippen molar-refractivity contribution in [1.82, 2.24) is 0 Å². The fourth-order valence-electron chi connectivity index (χ4n) is 0.525. The Hall–Kier alpha value is -0.610. The smallest absolute Gasteiger partial charge is 0.222 e. The largest absolute Gasteiger partial charge is 0.396 e. The Balaban J connectivity index is 3.54. The topological polar surface area (TPSA) is 89.3 Å². The molecule has 0 fully saturated rings. The van der Waals surface area contributed by atoms with Gasteiger partial charge in [0.05, 0.1) is 12.5 Å². The second kappa shape index (κ2) is 4.29. The zero-order valence-corrected chi connectivity index (χ0v) is 5.21. The molecule has 0 saturated heterocycles. The van der Waals surface area contributed by atoms with Gasteiger partial charge in [-0.1, -0.05) is 0 Å². The third kappa shape index (κ3) is 3.05. The summed E-state index contributed by atoms with van der Waals surface area (Å²) < 4.78 is 0. The van der Waals surface area contributed by atoms with Crippen LogP contribution < -0.4 is 11.5 Å². The van der Waals surface area contributed by atoms with E-state index in [9.17, 15) is 4.79 Å². The molecular formula is C5H12N2O2. The molecule has 0 spiro atoms. The van der Waals surface area contributed by atoms with Crippen molar-refractivity contribution in [3.05, 3.63) is 0 Å². The number of hydrogen-bond donors (Lipinski definition) is 3. The third-order valence-electron chi connectivity index (χ3n) is 1.14. The van der Waals surface area contributed by atoms with Crippen LogP contribution in [0.5, 0.6) is 0 Å². The number of carbonyl (C=O) groups is 1. The summed E-state index contributed by atoms with van der Waals surface area (Å²) in [6.07, 6.45) is 0.464. The van der Waals surface area contributed by atoms with E-state index >= 15 is 0 Å². The van der Waals surface area contributed by atoms with E-state index < -0.39 is 11.8 Å². The van der Waals surface area contributed by atoms with Gasteiger partial charge in [0, 0.05) is 0 Å². The number of rotatable bonds is 4. The molecule has 0 aliphatic rings. The molecule has 4 nitrogen and oxygen atoms in total. The maximum Gasteiger partial charge on any atom is 0.222 e. The van der Waals surface area contributed by atoms with Crippen LogP contribution in [-0.2, 0) is 4.79 Å². The lowest BCUT2D eigenvalue weighted by molar-refractivity contribution is -0.123. The van der Waals surface area contributed by atoms with Gasteiger partial charge in [-0.25, -0.2) is 0 Å². The van der Waals surface area contributed by atoms with Gasteiger partial charge in [-0.05, 0) is 13.0 Å². The highest BCUT2D eigenvalue weighted by molar-refractivity contribution is 5.76. The van der Waals surface area contributed by atoms with Crippen LogP contribution in [0.25, 0.3) is 0 Å². The zero-order chi connectivity index (χ0) is 7.28. The summed E-state index contributed by atoms with van der Waals surface area (Å²) in [5, 5.41) is 8.47. The average molecular weight is 132 g/mol. The summed E-state index contributed by atoms with van der Waals surface area (Å²) in [6.45, 7) is 0.181. The van der Waals surface area contributed by atoms with Crippen molar-refractivity contribution in [2.24, 2.45) is 17.4 Å². The highest BCUT2D eigenvalue weighted by atomic mass is 16.3. The van der Waals surface area contributed by atoms with E-state index in [1.807, 2.05) is 0 Å². The Morgan fingerprint density at radius 3 is 2.33 bits per heavy atom. The number of primary amides is 1. The van der Waals surface area contributed by atoms with E-state index in [0.717, 1.165) is 0 Å². The van der Waals surface area contributed by atoms with Crippen molar-refractivity contribution in [2.45, 2.75) is 6.42 Å². The predicted molar refractivity (Wildman–Crippen MR) is 33.4 cm³/mol. The van der Waals surface area contributed by atoms with Crippen LogP contribution >= 0.6 is 0 Å². The van der Waals surface area contributed by atoms with Gasteiger partial charge < -0.3 is 16.6 Å². The highest BCUT2D eigenvalue weighted by Gasteiger charge is 2.11. The summed E-state index contributed by atoms with van der Waals surface area (Å²) >= 11 is 0. The molecule has 9 heavy (non-hydrogen) atoms. The molecule has 0 aliphatic heterocycles. The van der Waals surface area contributed by atoms with E-state index in [4.69, 9.17) is 16.6 Å². The number of amides is 1. The second-order valence-corrected chi connectivity index (χ2v) is 1.86. The Morgan fingerprint density at radius 1 is 1.67 bits per heavy atom. The summed E-state index contributed by atoms with van der Waals surface area (Å²) in [7, 11) is 0. The lowest BCUT2D eigenvalue weighted by Gasteiger charge is -2.05. The van der Waals surface area contributed by atoms with Crippen LogP contribution in [0.2, 0.25) is 0 Å². The fourth-order valence-corrected chi connectivity index (χ4v) is 0.525. The van der Waals surface area contributed by atoms with Crippen LogP contribution in [0, 0.1) is 5.92 Å². The molecule has 1 atom stereocenters. The van der Waals surface area contributed by atoms with Crippen molar-refractivity contribution in [3.63, 3.8) is 0 Å². The zero-order valence-electron chi connectivity index (χ0n) is 5.21. The molecule has 0 saturated carbocycles. The third-order valence-corrected chi connectivity index (χ3v) is 1.14. The first-order chi connectivity index (χ1) is 4.22. The molecule has 0 aromatic carbocycles. The van der Waals surface area contributed by atoms with Crippen molar-refractivity contribution in [3.8, 4) is 0 Å². The molecule has 54 valence electrons. The molecule has 0 aromatic heterocycles. The monoisotopic (exact) mass is 132 g/mol. The Kier molecular flexibility index (Phi) is 4.00. The van der Waals surface area contributed by atoms with Crippen LogP contribution in [0.4, 0.5) is 0 Å². The molecule has 0 rings (SSSR count). The number of aliphatic hydroxyl groups excluding tert-OH is 1. The summed E-state index contributed by atoms with van der Waals surface area (Å²) in [5.41, 5.74) is 10.0.